The van der Waals surface area contributed by atoms with Gasteiger partial charge in [-0.2, -0.15) is 4.31 Å². The fourth-order valence-corrected chi connectivity index (χ4v) is 4.48. The van der Waals surface area contributed by atoms with Gasteiger partial charge in [-0.3, -0.25) is 4.79 Å². The number of benzene rings is 2. The molecule has 0 aliphatic carbocycles. The van der Waals surface area contributed by atoms with E-state index in [1.54, 1.807) is 30.3 Å². The van der Waals surface area contributed by atoms with E-state index in [2.05, 4.69) is 5.32 Å². The SMILES string of the molecule is Cc1ccccc1C(=O)NCc1ccc(S(=O)(=O)N2CCCC2)cc1. The van der Waals surface area contributed by atoms with Gasteiger partial charge in [0.2, 0.25) is 10.0 Å². The van der Waals surface area contributed by atoms with E-state index in [1.807, 2.05) is 25.1 Å². The van der Waals surface area contributed by atoms with Gasteiger partial charge >= 0.3 is 0 Å². The molecule has 1 N–H and O–H groups in total. The summed E-state index contributed by atoms with van der Waals surface area (Å²) < 4.78 is 26.5. The highest BCUT2D eigenvalue weighted by molar-refractivity contribution is 7.89. The Labute approximate surface area is 148 Å². The van der Waals surface area contributed by atoms with E-state index in [4.69, 9.17) is 0 Å². The van der Waals surface area contributed by atoms with E-state index in [-0.39, 0.29) is 5.91 Å². The minimum atomic E-state index is -3.39. The van der Waals surface area contributed by atoms with Crippen molar-refractivity contribution in [3.63, 3.8) is 0 Å². The Morgan fingerprint density at radius 2 is 1.68 bits per heavy atom. The van der Waals surface area contributed by atoms with Crippen molar-refractivity contribution in [2.45, 2.75) is 31.2 Å². The number of nitrogens with zero attached hydrogens (tertiary/aromatic N) is 1. The first-order valence-electron chi connectivity index (χ1n) is 8.41. The summed E-state index contributed by atoms with van der Waals surface area (Å²) in [5.74, 6) is -0.133. The lowest BCUT2D eigenvalue weighted by Crippen LogP contribution is -2.28. The van der Waals surface area contributed by atoms with Crippen LogP contribution in [0.3, 0.4) is 0 Å². The van der Waals surface area contributed by atoms with Crippen LogP contribution < -0.4 is 5.32 Å². The number of sulfonamides is 1. The summed E-state index contributed by atoms with van der Waals surface area (Å²) in [6.45, 7) is 3.44. The first kappa shape index (κ1) is 17.6. The van der Waals surface area contributed by atoms with Crippen molar-refractivity contribution in [2.24, 2.45) is 0 Å². The average molecular weight is 358 g/mol. The Kier molecular flexibility index (Phi) is 5.20. The molecule has 132 valence electrons. The molecule has 3 rings (SSSR count). The van der Waals surface area contributed by atoms with Crippen LogP contribution in [-0.2, 0) is 16.6 Å². The Morgan fingerprint density at radius 3 is 2.32 bits per heavy atom. The number of carbonyl (C=O) groups excluding carboxylic acids is 1. The Bertz CT molecular complexity index is 854. The minimum absolute atomic E-state index is 0.133. The summed E-state index contributed by atoms with van der Waals surface area (Å²) in [7, 11) is -3.39. The molecule has 0 bridgehead atoms. The van der Waals surface area contributed by atoms with Crippen LogP contribution in [0.4, 0.5) is 0 Å². The molecule has 1 aliphatic heterocycles. The molecule has 1 saturated heterocycles. The van der Waals surface area contributed by atoms with Crippen LogP contribution in [0.1, 0.15) is 34.3 Å². The highest BCUT2D eigenvalue weighted by atomic mass is 32.2. The van der Waals surface area contributed by atoms with E-state index >= 15 is 0 Å². The maximum absolute atomic E-state index is 12.5. The molecule has 0 saturated carbocycles. The van der Waals surface area contributed by atoms with Gasteiger partial charge < -0.3 is 5.32 Å². The molecule has 5 nitrogen and oxygen atoms in total. The Morgan fingerprint density at radius 1 is 1.04 bits per heavy atom. The zero-order valence-electron chi connectivity index (χ0n) is 14.2. The summed E-state index contributed by atoms with van der Waals surface area (Å²) in [4.78, 5) is 12.5. The highest BCUT2D eigenvalue weighted by Gasteiger charge is 2.26. The zero-order chi connectivity index (χ0) is 17.9. The van der Waals surface area contributed by atoms with Crippen LogP contribution in [-0.4, -0.2) is 31.7 Å². The summed E-state index contributed by atoms with van der Waals surface area (Å²) in [5.41, 5.74) is 2.44. The van der Waals surface area contributed by atoms with Crippen LogP contribution in [0.25, 0.3) is 0 Å². The second-order valence-electron chi connectivity index (χ2n) is 6.25. The molecular formula is C19H22N2O3S. The lowest BCUT2D eigenvalue weighted by atomic mass is 10.1. The number of rotatable bonds is 5. The Hall–Kier alpha value is -2.18. The molecular weight excluding hydrogens is 336 g/mol. The lowest BCUT2D eigenvalue weighted by Gasteiger charge is -2.15. The van der Waals surface area contributed by atoms with Gasteiger partial charge in [0.15, 0.2) is 0 Å². The standard InChI is InChI=1S/C19H22N2O3S/c1-15-6-2-3-7-18(15)19(22)20-14-16-8-10-17(11-9-16)25(23,24)21-12-4-5-13-21/h2-3,6-11H,4-5,12-14H2,1H3,(H,20,22). The monoisotopic (exact) mass is 358 g/mol. The van der Waals surface area contributed by atoms with Crippen LogP contribution in [0, 0.1) is 6.92 Å². The van der Waals surface area contributed by atoms with E-state index in [0.29, 0.717) is 30.1 Å². The maximum Gasteiger partial charge on any atom is 0.251 e. The molecule has 0 spiro atoms. The topological polar surface area (TPSA) is 66.5 Å². The predicted octanol–water partition coefficient (Wildman–Crippen LogP) is 2.71. The minimum Gasteiger partial charge on any atom is -0.348 e. The summed E-state index contributed by atoms with van der Waals surface area (Å²) in [6, 6.07) is 14.1. The molecule has 1 aliphatic rings. The molecule has 0 unspecified atom stereocenters. The van der Waals surface area contributed by atoms with E-state index in [9.17, 15) is 13.2 Å². The molecule has 1 fully saturated rings. The maximum atomic E-state index is 12.5. The Balaban J connectivity index is 1.65. The van der Waals surface area contributed by atoms with Crippen molar-refractivity contribution in [1.82, 2.24) is 9.62 Å². The van der Waals surface area contributed by atoms with E-state index in [1.165, 1.54) is 4.31 Å². The summed E-state index contributed by atoms with van der Waals surface area (Å²) >= 11 is 0. The fraction of sp³-hybridized carbons (Fsp3) is 0.316. The second-order valence-corrected chi connectivity index (χ2v) is 8.19. The number of hydrogen-bond donors (Lipinski definition) is 1. The molecule has 0 aromatic heterocycles. The average Bonchev–Trinajstić information content (AvgIpc) is 3.16. The zero-order valence-corrected chi connectivity index (χ0v) is 15.1. The van der Waals surface area contributed by atoms with Crippen molar-refractivity contribution >= 4 is 15.9 Å². The van der Waals surface area contributed by atoms with Gasteiger partial charge in [-0.25, -0.2) is 8.42 Å². The van der Waals surface area contributed by atoms with Crippen LogP contribution in [0.15, 0.2) is 53.4 Å². The molecule has 25 heavy (non-hydrogen) atoms. The predicted molar refractivity (Wildman–Crippen MR) is 96.8 cm³/mol. The molecule has 2 aromatic carbocycles. The molecule has 0 atom stereocenters. The quantitative estimate of drug-likeness (QED) is 0.894. The van der Waals surface area contributed by atoms with Crippen molar-refractivity contribution in [1.29, 1.82) is 0 Å². The third kappa shape index (κ3) is 3.91. The van der Waals surface area contributed by atoms with Gasteiger partial charge in [0, 0.05) is 25.2 Å². The van der Waals surface area contributed by atoms with Crippen molar-refractivity contribution in [2.75, 3.05) is 13.1 Å². The van der Waals surface area contributed by atoms with Gasteiger partial charge in [0.25, 0.3) is 5.91 Å². The largest absolute Gasteiger partial charge is 0.348 e. The second kappa shape index (κ2) is 7.37. The van der Waals surface area contributed by atoms with Crippen molar-refractivity contribution in [3.05, 3.63) is 65.2 Å². The first-order valence-corrected chi connectivity index (χ1v) is 9.85. The van der Waals surface area contributed by atoms with Crippen LogP contribution >= 0.6 is 0 Å². The smallest absolute Gasteiger partial charge is 0.251 e. The molecule has 2 aromatic rings. The highest BCUT2D eigenvalue weighted by Crippen LogP contribution is 2.21. The number of hydrogen-bond acceptors (Lipinski definition) is 3. The third-order valence-electron chi connectivity index (χ3n) is 4.47. The van der Waals surface area contributed by atoms with Gasteiger partial charge in [-0.15, -0.1) is 0 Å². The third-order valence-corrected chi connectivity index (χ3v) is 6.38. The van der Waals surface area contributed by atoms with Crippen LogP contribution in [0.2, 0.25) is 0 Å². The van der Waals surface area contributed by atoms with Gasteiger partial charge in [0.1, 0.15) is 0 Å². The van der Waals surface area contributed by atoms with Gasteiger partial charge in [-0.05, 0) is 49.1 Å². The normalized spacial score (nSPS) is 15.2. The molecule has 1 heterocycles. The van der Waals surface area contributed by atoms with Crippen molar-refractivity contribution < 1.29 is 13.2 Å². The van der Waals surface area contributed by atoms with Crippen LogP contribution in [0.5, 0.6) is 0 Å². The number of amides is 1. The number of aryl methyl sites for hydroxylation is 1. The van der Waals surface area contributed by atoms with Crippen molar-refractivity contribution in [3.8, 4) is 0 Å². The first-order chi connectivity index (χ1) is 12.0. The van der Waals surface area contributed by atoms with Gasteiger partial charge in [0.05, 0.1) is 4.90 Å². The van der Waals surface area contributed by atoms with E-state index in [0.717, 1.165) is 24.0 Å². The molecule has 1 amide bonds. The molecule has 0 radical (unpaired) electrons. The number of nitrogens with one attached hydrogen (secondary N) is 1. The molecule has 6 heteroatoms. The fourth-order valence-electron chi connectivity index (χ4n) is 2.96. The number of carbonyl (C=O) groups is 1. The lowest BCUT2D eigenvalue weighted by molar-refractivity contribution is 0.0950. The summed E-state index contributed by atoms with van der Waals surface area (Å²) in [5, 5.41) is 2.87. The summed E-state index contributed by atoms with van der Waals surface area (Å²) in [6.07, 6.45) is 1.84. The van der Waals surface area contributed by atoms with Gasteiger partial charge in [-0.1, -0.05) is 30.3 Å². The van der Waals surface area contributed by atoms with E-state index < -0.39 is 10.0 Å².